The fraction of sp³-hybridized carbons (Fsp3) is 0. The highest BCUT2D eigenvalue weighted by Crippen LogP contribution is 2.16. The second kappa shape index (κ2) is 7.42. The molecule has 120 valence electrons. The van der Waals surface area contributed by atoms with E-state index in [0.29, 0.717) is 11.4 Å². The second-order valence-corrected chi connectivity index (χ2v) is 6.14. The molecule has 1 N–H and O–H groups in total. The Morgan fingerprint density at radius 1 is 1.17 bits per heavy atom. The summed E-state index contributed by atoms with van der Waals surface area (Å²) in [4.78, 5) is 12.3. The molecule has 0 aliphatic heterocycles. The van der Waals surface area contributed by atoms with Gasteiger partial charge in [0.1, 0.15) is 10.7 Å². The third kappa shape index (κ3) is 3.72. The molecule has 7 heteroatoms. The van der Waals surface area contributed by atoms with Crippen LogP contribution in [0.5, 0.6) is 0 Å². The van der Waals surface area contributed by atoms with Crippen molar-refractivity contribution in [3.05, 3.63) is 86.2 Å². The number of nitrogens with zero attached hydrogens (tertiary/aromatic N) is 3. The smallest absolute Gasteiger partial charge is 0.275 e. The van der Waals surface area contributed by atoms with Crippen molar-refractivity contribution in [2.45, 2.75) is 0 Å². The summed E-state index contributed by atoms with van der Waals surface area (Å²) < 4.78 is 2.20. The summed E-state index contributed by atoms with van der Waals surface area (Å²) in [6, 6.07) is 16.7. The van der Waals surface area contributed by atoms with Crippen LogP contribution in [0, 0.1) is 0 Å². The third-order valence-corrected chi connectivity index (χ3v) is 4.03. The minimum absolute atomic E-state index is 0.0280. The van der Waals surface area contributed by atoms with Crippen molar-refractivity contribution in [1.29, 1.82) is 0 Å². The number of hydrogen-bond donors (Lipinski definition) is 1. The van der Waals surface area contributed by atoms with Gasteiger partial charge in [0.2, 0.25) is 0 Å². The highest BCUT2D eigenvalue weighted by molar-refractivity contribution is 9.10. The lowest BCUT2D eigenvalue weighted by Gasteiger charge is -2.07. The summed E-state index contributed by atoms with van der Waals surface area (Å²) in [5.74, 6) is 0. The number of hydrogen-bond acceptors (Lipinski definition) is 4. The molecule has 0 spiro atoms. The first-order valence-electron chi connectivity index (χ1n) is 7.03. The number of benzene rings is 2. The van der Waals surface area contributed by atoms with Gasteiger partial charge in [0.05, 0.1) is 18.1 Å². The average Bonchev–Trinajstić information content (AvgIpc) is 2.60. The molecule has 1 aromatic heterocycles. The number of rotatable bonds is 4. The van der Waals surface area contributed by atoms with Crippen LogP contribution in [0.2, 0.25) is 5.02 Å². The molecule has 0 unspecified atom stereocenters. The Labute approximate surface area is 151 Å². The molecular weight excluding hydrogens is 392 g/mol. The van der Waals surface area contributed by atoms with Gasteiger partial charge in [0.25, 0.3) is 5.56 Å². The van der Waals surface area contributed by atoms with Crippen molar-refractivity contribution < 1.29 is 0 Å². The molecule has 0 fully saturated rings. The fourth-order valence-corrected chi connectivity index (χ4v) is 2.62. The predicted molar refractivity (Wildman–Crippen MR) is 100 cm³/mol. The van der Waals surface area contributed by atoms with E-state index < -0.39 is 5.56 Å². The topological polar surface area (TPSA) is 59.3 Å². The van der Waals surface area contributed by atoms with Gasteiger partial charge in [-0.1, -0.05) is 57.9 Å². The largest absolute Gasteiger partial charge is 0.292 e. The molecule has 1 heterocycles. The van der Waals surface area contributed by atoms with Crippen LogP contribution in [0.4, 0.5) is 5.69 Å². The maximum Gasteiger partial charge on any atom is 0.292 e. The summed E-state index contributed by atoms with van der Waals surface area (Å²) in [5.41, 5.74) is 4.23. The number of aromatic nitrogens is 2. The van der Waals surface area contributed by atoms with Crippen molar-refractivity contribution in [2.24, 2.45) is 5.10 Å². The lowest BCUT2D eigenvalue weighted by molar-refractivity contribution is 0.808. The predicted octanol–water partition coefficient (Wildman–Crippen LogP) is 4.09. The van der Waals surface area contributed by atoms with Crippen molar-refractivity contribution in [3.8, 4) is 5.69 Å². The summed E-state index contributed by atoms with van der Waals surface area (Å²) in [5, 5.41) is 8.24. The summed E-state index contributed by atoms with van der Waals surface area (Å²) >= 11 is 9.53. The van der Waals surface area contributed by atoms with E-state index in [0.717, 1.165) is 10.0 Å². The van der Waals surface area contributed by atoms with Gasteiger partial charge >= 0.3 is 0 Å². The first kappa shape index (κ1) is 16.4. The molecule has 24 heavy (non-hydrogen) atoms. The Hall–Kier alpha value is -2.44. The summed E-state index contributed by atoms with van der Waals surface area (Å²) in [6.07, 6.45) is 3.10. The molecule has 0 atom stereocenters. The molecule has 0 saturated heterocycles. The Bertz CT molecular complexity index is 941. The lowest BCUT2D eigenvalue weighted by Crippen LogP contribution is -2.22. The zero-order valence-corrected chi connectivity index (χ0v) is 14.7. The van der Waals surface area contributed by atoms with E-state index in [4.69, 9.17) is 11.6 Å². The van der Waals surface area contributed by atoms with Gasteiger partial charge < -0.3 is 0 Å². The molecule has 0 aliphatic rings. The van der Waals surface area contributed by atoms with Gasteiger partial charge in [-0.05, 0) is 29.8 Å². The van der Waals surface area contributed by atoms with Gasteiger partial charge in [0, 0.05) is 4.47 Å². The number of halogens is 2. The highest BCUT2D eigenvalue weighted by atomic mass is 79.9. The van der Waals surface area contributed by atoms with Crippen LogP contribution in [0.25, 0.3) is 5.69 Å². The van der Waals surface area contributed by atoms with Crippen molar-refractivity contribution in [2.75, 3.05) is 5.43 Å². The molecule has 5 nitrogen and oxygen atoms in total. The van der Waals surface area contributed by atoms with Gasteiger partial charge in [-0.3, -0.25) is 10.2 Å². The molecule has 2 aromatic carbocycles. The maximum absolute atomic E-state index is 12.3. The molecule has 3 rings (SSSR count). The highest BCUT2D eigenvalue weighted by Gasteiger charge is 2.09. The zero-order valence-electron chi connectivity index (χ0n) is 12.4. The van der Waals surface area contributed by atoms with Gasteiger partial charge in [-0.15, -0.1) is 0 Å². The molecule has 0 aliphatic carbocycles. The lowest BCUT2D eigenvalue weighted by atomic mass is 10.2. The van der Waals surface area contributed by atoms with Crippen LogP contribution in [-0.2, 0) is 0 Å². The minimum atomic E-state index is -0.412. The van der Waals surface area contributed by atoms with E-state index in [1.807, 2.05) is 42.5 Å². The molecule has 3 aromatic rings. The SMILES string of the molecule is O=c1c(Cl)c(N/N=C/c2cccc(Br)c2)cnn1-c1ccccc1. The van der Waals surface area contributed by atoms with Crippen LogP contribution in [0.1, 0.15) is 5.56 Å². The Morgan fingerprint density at radius 2 is 1.96 bits per heavy atom. The maximum atomic E-state index is 12.3. The minimum Gasteiger partial charge on any atom is -0.275 e. The van der Waals surface area contributed by atoms with E-state index in [9.17, 15) is 4.79 Å². The van der Waals surface area contributed by atoms with Gasteiger partial charge in [-0.25, -0.2) is 0 Å². The van der Waals surface area contributed by atoms with E-state index >= 15 is 0 Å². The van der Waals surface area contributed by atoms with E-state index in [-0.39, 0.29) is 5.02 Å². The zero-order chi connectivity index (χ0) is 16.9. The fourth-order valence-electron chi connectivity index (χ4n) is 2.03. The third-order valence-electron chi connectivity index (χ3n) is 3.17. The Balaban J connectivity index is 1.83. The number of hydrazone groups is 1. The van der Waals surface area contributed by atoms with Gasteiger partial charge in [0.15, 0.2) is 0 Å². The van der Waals surface area contributed by atoms with E-state index in [2.05, 4.69) is 31.6 Å². The van der Waals surface area contributed by atoms with Crippen LogP contribution >= 0.6 is 27.5 Å². The molecular formula is C17H12BrClN4O. The van der Waals surface area contributed by atoms with E-state index in [1.54, 1.807) is 18.3 Å². The molecule has 0 radical (unpaired) electrons. The Morgan fingerprint density at radius 3 is 2.71 bits per heavy atom. The average molecular weight is 404 g/mol. The standard InChI is InChI=1S/C17H12BrClN4O/c18-13-6-4-5-12(9-13)10-20-22-15-11-21-23(17(24)16(15)19)14-7-2-1-3-8-14/h1-11,22H/b20-10+. The first-order valence-corrected chi connectivity index (χ1v) is 8.20. The van der Waals surface area contributed by atoms with Crippen LogP contribution < -0.4 is 11.0 Å². The first-order chi connectivity index (χ1) is 11.6. The van der Waals surface area contributed by atoms with Crippen molar-refractivity contribution in [1.82, 2.24) is 9.78 Å². The normalized spacial score (nSPS) is 10.9. The van der Waals surface area contributed by atoms with Crippen molar-refractivity contribution in [3.63, 3.8) is 0 Å². The van der Waals surface area contributed by atoms with Crippen molar-refractivity contribution >= 4 is 39.4 Å². The molecule has 0 amide bonds. The van der Waals surface area contributed by atoms with Crippen LogP contribution in [0.3, 0.4) is 0 Å². The number of nitrogens with one attached hydrogen (secondary N) is 1. The second-order valence-electron chi connectivity index (χ2n) is 4.85. The molecule has 0 saturated carbocycles. The monoisotopic (exact) mass is 402 g/mol. The Kier molecular flexibility index (Phi) is 5.08. The van der Waals surface area contributed by atoms with Crippen LogP contribution in [0.15, 0.2) is 75.2 Å². The summed E-state index contributed by atoms with van der Waals surface area (Å²) in [6.45, 7) is 0. The number of para-hydroxylation sites is 1. The quantitative estimate of drug-likeness (QED) is 0.527. The molecule has 0 bridgehead atoms. The summed E-state index contributed by atoms with van der Waals surface area (Å²) in [7, 11) is 0. The van der Waals surface area contributed by atoms with Crippen LogP contribution in [-0.4, -0.2) is 16.0 Å². The van der Waals surface area contributed by atoms with Gasteiger partial charge in [-0.2, -0.15) is 14.9 Å². The van der Waals surface area contributed by atoms with E-state index in [1.165, 1.54) is 10.9 Å². The number of anilines is 1.